The van der Waals surface area contributed by atoms with Crippen LogP contribution in [0.3, 0.4) is 0 Å². The number of nitrogens with one attached hydrogen (secondary N) is 3. The van der Waals surface area contributed by atoms with Crippen LogP contribution in [0.1, 0.15) is 5.56 Å². The summed E-state index contributed by atoms with van der Waals surface area (Å²) in [6.45, 7) is -0.195. The molecule has 0 atom stereocenters. The Kier molecular flexibility index (Phi) is 8.09. The third-order valence-electron chi connectivity index (χ3n) is 4.05. The van der Waals surface area contributed by atoms with Crippen LogP contribution < -0.4 is 20.8 Å². The van der Waals surface area contributed by atoms with Gasteiger partial charge >= 0.3 is 11.8 Å². The maximum Gasteiger partial charge on any atom is 0.329 e. The highest BCUT2D eigenvalue weighted by molar-refractivity contribution is 6.39. The molecule has 33 heavy (non-hydrogen) atoms. The van der Waals surface area contributed by atoms with E-state index in [9.17, 15) is 18.8 Å². The summed E-state index contributed by atoms with van der Waals surface area (Å²) in [6, 6.07) is 18.3. The number of hydrazone groups is 1. The predicted octanol–water partition coefficient (Wildman–Crippen LogP) is 3.59. The van der Waals surface area contributed by atoms with Crippen LogP contribution in [0, 0.1) is 5.82 Å². The quantitative estimate of drug-likeness (QED) is 0.280. The molecular weight excluding hydrogens is 451 g/mol. The van der Waals surface area contributed by atoms with Crippen LogP contribution in [0.15, 0.2) is 77.9 Å². The van der Waals surface area contributed by atoms with Crippen molar-refractivity contribution in [3.63, 3.8) is 0 Å². The normalized spacial score (nSPS) is 10.5. The van der Waals surface area contributed by atoms with Gasteiger partial charge in [-0.2, -0.15) is 5.10 Å². The van der Waals surface area contributed by atoms with E-state index in [-0.39, 0.29) is 18.2 Å². The number of rotatable bonds is 7. The van der Waals surface area contributed by atoms with Gasteiger partial charge in [0.1, 0.15) is 11.6 Å². The zero-order valence-corrected chi connectivity index (χ0v) is 17.8. The number of halogens is 2. The topological polar surface area (TPSA) is 109 Å². The first kappa shape index (κ1) is 23.4. The molecule has 0 bridgehead atoms. The van der Waals surface area contributed by atoms with Gasteiger partial charge in [0.25, 0.3) is 5.91 Å². The number of ether oxygens (including phenoxy) is 1. The first-order valence-corrected chi connectivity index (χ1v) is 9.95. The van der Waals surface area contributed by atoms with Crippen molar-refractivity contribution in [3.05, 3.63) is 89.2 Å². The highest BCUT2D eigenvalue weighted by Crippen LogP contribution is 2.15. The van der Waals surface area contributed by atoms with Crippen molar-refractivity contribution in [1.29, 1.82) is 0 Å². The molecule has 0 fully saturated rings. The van der Waals surface area contributed by atoms with Gasteiger partial charge < -0.3 is 15.4 Å². The summed E-state index contributed by atoms with van der Waals surface area (Å²) in [4.78, 5) is 35.5. The molecule has 0 unspecified atom stereocenters. The number of hydrogen-bond donors (Lipinski definition) is 3. The maximum atomic E-state index is 12.9. The SMILES string of the molecule is O=C(COc1ccc(/C=N\NC(=O)C(=O)Nc2ccc(F)cc2)cc1)Nc1cccc(Cl)c1. The van der Waals surface area contributed by atoms with E-state index in [1.165, 1.54) is 18.3 Å². The van der Waals surface area contributed by atoms with Gasteiger partial charge in [-0.15, -0.1) is 0 Å². The van der Waals surface area contributed by atoms with Crippen LogP contribution in [0.5, 0.6) is 5.75 Å². The number of hydrogen-bond acceptors (Lipinski definition) is 5. The number of anilines is 2. The lowest BCUT2D eigenvalue weighted by atomic mass is 10.2. The fraction of sp³-hybridized carbons (Fsp3) is 0.0435. The largest absolute Gasteiger partial charge is 0.484 e. The molecule has 0 radical (unpaired) electrons. The van der Waals surface area contributed by atoms with E-state index in [1.54, 1.807) is 48.5 Å². The zero-order valence-electron chi connectivity index (χ0n) is 17.0. The Labute approximate surface area is 193 Å². The lowest BCUT2D eigenvalue weighted by Gasteiger charge is -2.08. The van der Waals surface area contributed by atoms with Crippen molar-refractivity contribution >= 4 is 46.9 Å². The van der Waals surface area contributed by atoms with E-state index < -0.39 is 17.6 Å². The Bertz CT molecular complexity index is 1170. The Balaban J connectivity index is 1.42. The molecule has 3 N–H and O–H groups in total. The molecule has 0 spiro atoms. The average Bonchev–Trinajstić information content (AvgIpc) is 2.80. The molecule has 168 valence electrons. The minimum absolute atomic E-state index is 0.195. The summed E-state index contributed by atoms with van der Waals surface area (Å²) in [6.07, 6.45) is 1.33. The van der Waals surface area contributed by atoms with Crippen molar-refractivity contribution in [2.75, 3.05) is 17.2 Å². The van der Waals surface area contributed by atoms with Crippen LogP contribution in [-0.2, 0) is 14.4 Å². The number of carbonyl (C=O) groups excluding carboxylic acids is 3. The highest BCUT2D eigenvalue weighted by Gasteiger charge is 2.12. The monoisotopic (exact) mass is 468 g/mol. The summed E-state index contributed by atoms with van der Waals surface area (Å²) in [5.41, 5.74) is 3.55. The number of benzene rings is 3. The van der Waals surface area contributed by atoms with E-state index in [0.717, 1.165) is 12.1 Å². The smallest absolute Gasteiger partial charge is 0.329 e. The minimum atomic E-state index is -0.985. The van der Waals surface area contributed by atoms with Crippen LogP contribution in [0.2, 0.25) is 5.02 Å². The molecule has 0 saturated carbocycles. The van der Waals surface area contributed by atoms with Gasteiger partial charge in [0.2, 0.25) is 0 Å². The molecular formula is C23H18ClFN4O4. The number of nitrogens with zero attached hydrogens (tertiary/aromatic N) is 1. The third-order valence-corrected chi connectivity index (χ3v) is 4.28. The van der Waals surface area contributed by atoms with Crippen molar-refractivity contribution < 1.29 is 23.5 Å². The average molecular weight is 469 g/mol. The van der Waals surface area contributed by atoms with Gasteiger partial charge in [-0.3, -0.25) is 14.4 Å². The Morgan fingerprint density at radius 1 is 0.909 bits per heavy atom. The lowest BCUT2D eigenvalue weighted by Crippen LogP contribution is -2.32. The summed E-state index contributed by atoms with van der Waals surface area (Å²) in [7, 11) is 0. The van der Waals surface area contributed by atoms with Gasteiger partial charge in [0.05, 0.1) is 6.21 Å². The first-order valence-electron chi connectivity index (χ1n) is 9.57. The summed E-state index contributed by atoms with van der Waals surface area (Å²) in [5, 5.41) is 9.21. The van der Waals surface area contributed by atoms with E-state index in [0.29, 0.717) is 22.0 Å². The standard InChI is InChI=1S/C23H18ClFN4O4/c24-16-2-1-3-19(12-16)27-21(30)14-33-20-10-4-15(5-11-20)13-26-29-23(32)22(31)28-18-8-6-17(25)7-9-18/h1-13H,14H2,(H,27,30)(H,28,31)(H,29,32)/b26-13-. The van der Waals surface area contributed by atoms with Crippen molar-refractivity contribution in [2.24, 2.45) is 5.10 Å². The van der Waals surface area contributed by atoms with E-state index in [2.05, 4.69) is 21.2 Å². The van der Waals surface area contributed by atoms with Gasteiger partial charge in [-0.25, -0.2) is 9.82 Å². The minimum Gasteiger partial charge on any atom is -0.484 e. The summed E-state index contributed by atoms with van der Waals surface area (Å²) in [5.74, 6) is -2.28. The van der Waals surface area contributed by atoms with Gasteiger partial charge in [-0.1, -0.05) is 17.7 Å². The molecule has 0 aliphatic heterocycles. The second-order valence-electron chi connectivity index (χ2n) is 6.58. The Morgan fingerprint density at radius 2 is 1.64 bits per heavy atom. The molecule has 0 aliphatic rings. The second kappa shape index (κ2) is 11.4. The lowest BCUT2D eigenvalue weighted by molar-refractivity contribution is -0.136. The molecule has 0 saturated heterocycles. The molecule has 3 rings (SSSR count). The van der Waals surface area contributed by atoms with Crippen molar-refractivity contribution in [3.8, 4) is 5.75 Å². The highest BCUT2D eigenvalue weighted by atomic mass is 35.5. The fourth-order valence-electron chi connectivity index (χ4n) is 2.50. The molecule has 3 aromatic rings. The summed E-state index contributed by atoms with van der Waals surface area (Å²) >= 11 is 5.88. The van der Waals surface area contributed by atoms with Gasteiger partial charge in [0.15, 0.2) is 6.61 Å². The molecule has 0 aliphatic carbocycles. The van der Waals surface area contributed by atoms with Crippen LogP contribution in [-0.4, -0.2) is 30.5 Å². The Morgan fingerprint density at radius 3 is 2.33 bits per heavy atom. The Hall–Kier alpha value is -4.24. The van der Waals surface area contributed by atoms with Gasteiger partial charge in [-0.05, 0) is 72.3 Å². The summed E-state index contributed by atoms with van der Waals surface area (Å²) < 4.78 is 18.3. The van der Waals surface area contributed by atoms with Gasteiger partial charge in [0, 0.05) is 16.4 Å². The number of carbonyl (C=O) groups is 3. The molecule has 8 nitrogen and oxygen atoms in total. The second-order valence-corrected chi connectivity index (χ2v) is 7.01. The molecule has 0 heterocycles. The fourth-order valence-corrected chi connectivity index (χ4v) is 2.69. The molecule has 3 amide bonds. The van der Waals surface area contributed by atoms with E-state index in [4.69, 9.17) is 16.3 Å². The molecule has 0 aromatic heterocycles. The molecule has 3 aromatic carbocycles. The van der Waals surface area contributed by atoms with Crippen LogP contribution in [0.4, 0.5) is 15.8 Å². The zero-order chi connectivity index (χ0) is 23.6. The predicted molar refractivity (Wildman–Crippen MR) is 123 cm³/mol. The number of amides is 3. The maximum absolute atomic E-state index is 12.9. The van der Waals surface area contributed by atoms with E-state index >= 15 is 0 Å². The van der Waals surface area contributed by atoms with Crippen LogP contribution in [0.25, 0.3) is 0 Å². The molecule has 10 heteroatoms. The first-order chi connectivity index (χ1) is 15.9. The third kappa shape index (κ3) is 7.75. The van der Waals surface area contributed by atoms with E-state index in [1.807, 2.05) is 0 Å². The van der Waals surface area contributed by atoms with Crippen molar-refractivity contribution in [1.82, 2.24) is 5.43 Å². The van der Waals surface area contributed by atoms with Crippen molar-refractivity contribution in [2.45, 2.75) is 0 Å². The van der Waals surface area contributed by atoms with Crippen LogP contribution >= 0.6 is 11.6 Å².